The molecule has 1 fully saturated rings. The second-order valence-corrected chi connectivity index (χ2v) is 7.49. The first-order valence-electron chi connectivity index (χ1n) is 10.4. The number of benzene rings is 1. The number of nitrogens with one attached hydrogen (secondary N) is 3. The monoisotopic (exact) mass is 417 g/mol. The van der Waals surface area contributed by atoms with Gasteiger partial charge in [0.15, 0.2) is 0 Å². The maximum absolute atomic E-state index is 11.5. The van der Waals surface area contributed by atoms with Gasteiger partial charge in [0, 0.05) is 80.0 Å². The molecule has 3 heterocycles. The third kappa shape index (κ3) is 5.70. The summed E-state index contributed by atoms with van der Waals surface area (Å²) in [7, 11) is 0. The molecule has 1 saturated heterocycles. The molecule has 0 aliphatic carbocycles. The lowest BCUT2D eigenvalue weighted by Crippen LogP contribution is -2.43. The first kappa shape index (κ1) is 20.6. The smallest absolute Gasteiger partial charge is 0.221 e. The zero-order valence-electron chi connectivity index (χ0n) is 17.3. The standard InChI is InChI=1S/C23H27N7O/c24-22(31)12-18-16-28-23(13-21(18)27-15-17-2-1-7-26-14-17)29-19-3-5-20(6-4-19)30-10-8-25-9-11-30/h1-7,13-14,16,25H,8-12,15H2,(H2,24,31)(H2,27,28,29). The number of carbonyl (C=O) groups is 1. The molecule has 8 nitrogen and oxygen atoms in total. The largest absolute Gasteiger partial charge is 0.381 e. The summed E-state index contributed by atoms with van der Waals surface area (Å²) in [6, 6.07) is 14.1. The Morgan fingerprint density at radius 2 is 1.94 bits per heavy atom. The van der Waals surface area contributed by atoms with Gasteiger partial charge in [0.25, 0.3) is 0 Å². The van der Waals surface area contributed by atoms with Crippen LogP contribution in [0.2, 0.25) is 0 Å². The van der Waals surface area contributed by atoms with E-state index >= 15 is 0 Å². The summed E-state index contributed by atoms with van der Waals surface area (Å²) in [5.41, 5.74) is 10.2. The fraction of sp³-hybridized carbons (Fsp3) is 0.261. The lowest BCUT2D eigenvalue weighted by atomic mass is 10.1. The van der Waals surface area contributed by atoms with Crippen molar-refractivity contribution in [3.8, 4) is 0 Å². The van der Waals surface area contributed by atoms with Gasteiger partial charge in [0.2, 0.25) is 5.91 Å². The molecule has 160 valence electrons. The van der Waals surface area contributed by atoms with Crippen molar-refractivity contribution in [3.63, 3.8) is 0 Å². The Morgan fingerprint density at radius 3 is 2.65 bits per heavy atom. The van der Waals surface area contributed by atoms with Crippen LogP contribution in [0.1, 0.15) is 11.1 Å². The third-order valence-corrected chi connectivity index (χ3v) is 5.18. The number of primary amides is 1. The SMILES string of the molecule is NC(=O)Cc1cnc(Nc2ccc(N3CCNCC3)cc2)cc1NCc1cccnc1. The maximum Gasteiger partial charge on any atom is 0.221 e. The fourth-order valence-corrected chi connectivity index (χ4v) is 3.57. The topological polar surface area (TPSA) is 108 Å². The predicted molar refractivity (Wildman–Crippen MR) is 124 cm³/mol. The first-order valence-corrected chi connectivity index (χ1v) is 10.4. The summed E-state index contributed by atoms with van der Waals surface area (Å²) in [6.07, 6.45) is 5.36. The normalized spacial score (nSPS) is 13.6. The molecular formula is C23H27N7O. The number of rotatable bonds is 8. The molecule has 31 heavy (non-hydrogen) atoms. The molecule has 0 bridgehead atoms. The number of hydrogen-bond donors (Lipinski definition) is 4. The Balaban J connectivity index is 1.47. The van der Waals surface area contributed by atoms with Crippen LogP contribution >= 0.6 is 0 Å². The lowest BCUT2D eigenvalue weighted by Gasteiger charge is -2.29. The van der Waals surface area contributed by atoms with Gasteiger partial charge in [-0.25, -0.2) is 4.98 Å². The molecule has 0 saturated carbocycles. The minimum atomic E-state index is -0.393. The summed E-state index contributed by atoms with van der Waals surface area (Å²) in [5.74, 6) is 0.298. The second-order valence-electron chi connectivity index (χ2n) is 7.49. The molecule has 1 amide bonds. The minimum Gasteiger partial charge on any atom is -0.381 e. The van der Waals surface area contributed by atoms with Gasteiger partial charge in [-0.2, -0.15) is 0 Å². The van der Waals surface area contributed by atoms with Gasteiger partial charge in [0.05, 0.1) is 6.42 Å². The Bertz CT molecular complexity index is 1000. The van der Waals surface area contributed by atoms with Crippen molar-refractivity contribution in [1.82, 2.24) is 15.3 Å². The van der Waals surface area contributed by atoms with Gasteiger partial charge in [-0.3, -0.25) is 9.78 Å². The number of nitrogens with zero attached hydrogens (tertiary/aromatic N) is 3. The van der Waals surface area contributed by atoms with Crippen LogP contribution in [0.15, 0.2) is 61.1 Å². The highest BCUT2D eigenvalue weighted by Crippen LogP contribution is 2.24. The number of piperazine rings is 1. The van der Waals surface area contributed by atoms with Gasteiger partial charge >= 0.3 is 0 Å². The number of anilines is 4. The fourth-order valence-electron chi connectivity index (χ4n) is 3.57. The van der Waals surface area contributed by atoms with Gasteiger partial charge in [-0.1, -0.05) is 6.07 Å². The molecule has 0 atom stereocenters. The Hall–Kier alpha value is -3.65. The highest BCUT2D eigenvalue weighted by Gasteiger charge is 2.11. The molecule has 0 unspecified atom stereocenters. The summed E-state index contributed by atoms with van der Waals surface area (Å²) in [4.78, 5) is 22.4. The van der Waals surface area contributed by atoms with Crippen molar-refractivity contribution in [2.45, 2.75) is 13.0 Å². The number of aromatic nitrogens is 2. The number of pyridine rings is 2. The number of hydrogen-bond acceptors (Lipinski definition) is 7. The number of amides is 1. The van der Waals surface area contributed by atoms with E-state index in [0.717, 1.165) is 48.7 Å². The summed E-state index contributed by atoms with van der Waals surface area (Å²) < 4.78 is 0. The van der Waals surface area contributed by atoms with Crippen molar-refractivity contribution in [2.24, 2.45) is 5.73 Å². The molecule has 0 spiro atoms. The van der Waals surface area contributed by atoms with Crippen LogP contribution in [0, 0.1) is 0 Å². The molecule has 8 heteroatoms. The molecule has 3 aromatic rings. The van der Waals surface area contributed by atoms with Gasteiger partial charge < -0.3 is 26.6 Å². The van der Waals surface area contributed by atoms with Crippen LogP contribution in [0.4, 0.5) is 22.9 Å². The van der Waals surface area contributed by atoms with E-state index in [1.54, 1.807) is 18.6 Å². The van der Waals surface area contributed by atoms with E-state index in [1.165, 1.54) is 5.69 Å². The average Bonchev–Trinajstić information content (AvgIpc) is 2.80. The van der Waals surface area contributed by atoms with E-state index in [9.17, 15) is 4.79 Å². The summed E-state index contributed by atoms with van der Waals surface area (Å²) >= 11 is 0. The molecule has 1 aromatic carbocycles. The molecule has 2 aromatic heterocycles. The lowest BCUT2D eigenvalue weighted by molar-refractivity contribution is -0.117. The molecule has 5 N–H and O–H groups in total. The number of nitrogens with two attached hydrogens (primary N) is 1. The molecule has 0 radical (unpaired) electrons. The van der Waals surface area contributed by atoms with E-state index in [-0.39, 0.29) is 6.42 Å². The molecule has 1 aliphatic heterocycles. The molecule has 1 aliphatic rings. The highest BCUT2D eigenvalue weighted by molar-refractivity contribution is 5.79. The van der Waals surface area contributed by atoms with E-state index in [2.05, 4.69) is 55.1 Å². The third-order valence-electron chi connectivity index (χ3n) is 5.18. The van der Waals surface area contributed by atoms with Crippen molar-refractivity contribution >= 4 is 28.8 Å². The maximum atomic E-state index is 11.5. The zero-order chi connectivity index (χ0) is 21.5. The Labute approximate surface area is 181 Å². The van der Waals surface area contributed by atoms with E-state index in [4.69, 9.17) is 5.73 Å². The number of carbonyl (C=O) groups excluding carboxylic acids is 1. The highest BCUT2D eigenvalue weighted by atomic mass is 16.1. The van der Waals surface area contributed by atoms with Gasteiger partial charge in [0.1, 0.15) is 5.82 Å². The van der Waals surface area contributed by atoms with E-state index < -0.39 is 5.91 Å². The van der Waals surface area contributed by atoms with Crippen LogP contribution in [0.5, 0.6) is 0 Å². The minimum absolute atomic E-state index is 0.127. The van der Waals surface area contributed by atoms with E-state index in [1.807, 2.05) is 18.2 Å². The van der Waals surface area contributed by atoms with Crippen molar-refractivity contribution in [1.29, 1.82) is 0 Å². The zero-order valence-corrected chi connectivity index (χ0v) is 17.3. The molecule has 4 rings (SSSR count). The Kier molecular flexibility index (Phi) is 6.59. The summed E-state index contributed by atoms with van der Waals surface area (Å²) in [5, 5.41) is 10.1. The summed E-state index contributed by atoms with van der Waals surface area (Å²) in [6.45, 7) is 4.64. The Morgan fingerprint density at radius 1 is 1.13 bits per heavy atom. The van der Waals surface area contributed by atoms with Gasteiger partial charge in [-0.05, 0) is 35.9 Å². The van der Waals surface area contributed by atoms with Crippen LogP contribution < -0.4 is 26.6 Å². The first-order chi connectivity index (χ1) is 15.2. The predicted octanol–water partition coefficient (Wildman–Crippen LogP) is 2.27. The second kappa shape index (κ2) is 9.90. The van der Waals surface area contributed by atoms with E-state index in [0.29, 0.717) is 12.4 Å². The van der Waals surface area contributed by atoms with Crippen LogP contribution in [-0.4, -0.2) is 42.1 Å². The quantitative estimate of drug-likeness (QED) is 0.445. The van der Waals surface area contributed by atoms with Gasteiger partial charge in [-0.15, -0.1) is 0 Å². The van der Waals surface area contributed by atoms with Crippen molar-refractivity contribution < 1.29 is 4.79 Å². The average molecular weight is 418 g/mol. The molecular weight excluding hydrogens is 390 g/mol. The van der Waals surface area contributed by atoms with Crippen LogP contribution in [-0.2, 0) is 17.8 Å². The van der Waals surface area contributed by atoms with Crippen LogP contribution in [0.25, 0.3) is 0 Å². The van der Waals surface area contributed by atoms with Crippen molar-refractivity contribution in [2.75, 3.05) is 41.7 Å². The van der Waals surface area contributed by atoms with Crippen molar-refractivity contribution in [3.05, 3.63) is 72.2 Å². The van der Waals surface area contributed by atoms with Crippen LogP contribution in [0.3, 0.4) is 0 Å².